The molecule has 0 radical (unpaired) electrons. The molecule has 1 aromatic heterocycles. The molecular weight excluding hydrogens is 396 g/mol. The van der Waals surface area contributed by atoms with Crippen LogP contribution in [0, 0.1) is 13.8 Å². The lowest BCUT2D eigenvalue weighted by molar-refractivity contribution is -0.113. The van der Waals surface area contributed by atoms with Crippen LogP contribution in [0.25, 0.3) is 5.69 Å². The Kier molecular flexibility index (Phi) is 5.90. The van der Waals surface area contributed by atoms with Gasteiger partial charge in [0.05, 0.1) is 22.7 Å². The third-order valence-corrected chi connectivity index (χ3v) is 5.89. The molecule has 30 heavy (non-hydrogen) atoms. The number of amides is 2. The van der Waals surface area contributed by atoms with E-state index in [0.717, 1.165) is 29.2 Å². The van der Waals surface area contributed by atoms with Gasteiger partial charge < -0.3 is 10.6 Å². The SMILES string of the molecule is Cc1ccc(C)c(-n2ccnc2SCC(=O)Nc2ccccc2C(=O)NC2CC2)c1. The van der Waals surface area contributed by atoms with Crippen molar-refractivity contribution in [2.45, 2.75) is 37.9 Å². The predicted octanol–water partition coefficient (Wildman–Crippen LogP) is 4.11. The summed E-state index contributed by atoms with van der Waals surface area (Å²) in [4.78, 5) is 29.4. The van der Waals surface area contributed by atoms with Crippen LogP contribution in [0.5, 0.6) is 0 Å². The van der Waals surface area contributed by atoms with E-state index in [2.05, 4.69) is 47.7 Å². The van der Waals surface area contributed by atoms with Crippen LogP contribution in [-0.2, 0) is 4.79 Å². The second-order valence-electron chi connectivity index (χ2n) is 7.50. The summed E-state index contributed by atoms with van der Waals surface area (Å²) in [7, 11) is 0. The van der Waals surface area contributed by atoms with E-state index in [-0.39, 0.29) is 23.6 Å². The highest BCUT2D eigenvalue weighted by Gasteiger charge is 2.25. The summed E-state index contributed by atoms with van der Waals surface area (Å²) in [5.41, 5.74) is 4.37. The first-order chi connectivity index (χ1) is 14.5. The van der Waals surface area contributed by atoms with Gasteiger partial charge in [-0.15, -0.1) is 0 Å². The number of carbonyl (C=O) groups excluding carboxylic acids is 2. The number of aryl methyl sites for hydroxylation is 2. The maximum absolute atomic E-state index is 12.6. The molecule has 7 heteroatoms. The molecule has 2 aromatic carbocycles. The number of imidazole rings is 1. The summed E-state index contributed by atoms with van der Waals surface area (Å²) >= 11 is 1.36. The molecule has 1 saturated carbocycles. The predicted molar refractivity (Wildman–Crippen MR) is 119 cm³/mol. The Morgan fingerprint density at radius 3 is 2.77 bits per heavy atom. The van der Waals surface area contributed by atoms with Gasteiger partial charge in [0.15, 0.2) is 5.16 Å². The average Bonchev–Trinajstić information content (AvgIpc) is 3.42. The molecule has 1 aliphatic rings. The Hall–Kier alpha value is -3.06. The zero-order valence-electron chi connectivity index (χ0n) is 17.0. The molecule has 0 bridgehead atoms. The van der Waals surface area contributed by atoms with Crippen molar-refractivity contribution < 1.29 is 9.59 Å². The van der Waals surface area contributed by atoms with Gasteiger partial charge in [-0.1, -0.05) is 36.0 Å². The Bertz CT molecular complexity index is 1090. The lowest BCUT2D eigenvalue weighted by Crippen LogP contribution is -2.27. The maximum atomic E-state index is 12.6. The zero-order chi connectivity index (χ0) is 21.1. The minimum absolute atomic E-state index is 0.147. The number of nitrogens with zero attached hydrogens (tertiary/aromatic N) is 2. The fourth-order valence-electron chi connectivity index (χ4n) is 3.16. The number of hydrogen-bond donors (Lipinski definition) is 2. The standard InChI is InChI=1S/C23H24N4O2S/c1-15-7-8-16(2)20(13-15)27-12-11-24-23(27)30-14-21(28)26-19-6-4-3-5-18(19)22(29)25-17-9-10-17/h3-8,11-13,17H,9-10,14H2,1-2H3,(H,25,29)(H,26,28). The van der Waals surface area contributed by atoms with Gasteiger partial charge in [0, 0.05) is 18.4 Å². The topological polar surface area (TPSA) is 76.0 Å². The summed E-state index contributed by atoms with van der Waals surface area (Å²) in [5, 5.41) is 6.58. The molecule has 3 aromatic rings. The summed E-state index contributed by atoms with van der Waals surface area (Å²) < 4.78 is 2.00. The van der Waals surface area contributed by atoms with Crippen LogP contribution in [0.1, 0.15) is 34.3 Å². The van der Waals surface area contributed by atoms with Crippen molar-refractivity contribution in [3.05, 3.63) is 71.5 Å². The highest BCUT2D eigenvalue weighted by molar-refractivity contribution is 7.99. The van der Waals surface area contributed by atoms with Gasteiger partial charge in [-0.2, -0.15) is 0 Å². The van der Waals surface area contributed by atoms with Crippen LogP contribution >= 0.6 is 11.8 Å². The van der Waals surface area contributed by atoms with E-state index < -0.39 is 0 Å². The minimum atomic E-state index is -0.179. The van der Waals surface area contributed by atoms with Crippen molar-refractivity contribution in [1.29, 1.82) is 0 Å². The van der Waals surface area contributed by atoms with Crippen molar-refractivity contribution in [3.8, 4) is 5.69 Å². The first-order valence-corrected chi connectivity index (χ1v) is 10.9. The highest BCUT2D eigenvalue weighted by atomic mass is 32.2. The number of carbonyl (C=O) groups is 2. The fourth-order valence-corrected chi connectivity index (χ4v) is 3.92. The highest BCUT2D eigenvalue weighted by Crippen LogP contribution is 2.25. The van der Waals surface area contributed by atoms with E-state index in [1.165, 1.54) is 17.3 Å². The van der Waals surface area contributed by atoms with Crippen LogP contribution < -0.4 is 10.6 Å². The zero-order valence-corrected chi connectivity index (χ0v) is 17.8. The molecule has 0 unspecified atom stereocenters. The average molecular weight is 421 g/mol. The van der Waals surface area contributed by atoms with E-state index in [1.807, 2.05) is 16.8 Å². The first kappa shape index (κ1) is 20.2. The van der Waals surface area contributed by atoms with Gasteiger partial charge >= 0.3 is 0 Å². The van der Waals surface area contributed by atoms with Gasteiger partial charge in [-0.3, -0.25) is 14.2 Å². The molecule has 6 nitrogen and oxygen atoms in total. The van der Waals surface area contributed by atoms with Gasteiger partial charge in [0.25, 0.3) is 5.91 Å². The monoisotopic (exact) mass is 420 g/mol. The van der Waals surface area contributed by atoms with Crippen molar-refractivity contribution in [3.63, 3.8) is 0 Å². The van der Waals surface area contributed by atoms with Crippen molar-refractivity contribution in [1.82, 2.24) is 14.9 Å². The van der Waals surface area contributed by atoms with Gasteiger partial charge in [-0.25, -0.2) is 4.98 Å². The fraction of sp³-hybridized carbons (Fsp3) is 0.261. The van der Waals surface area contributed by atoms with Crippen molar-refractivity contribution >= 4 is 29.3 Å². The number of hydrogen-bond acceptors (Lipinski definition) is 4. The van der Waals surface area contributed by atoms with Crippen molar-refractivity contribution in [2.75, 3.05) is 11.1 Å². The number of aromatic nitrogens is 2. The normalized spacial score (nSPS) is 13.1. The summed E-state index contributed by atoms with van der Waals surface area (Å²) in [5.74, 6) is -0.130. The summed E-state index contributed by atoms with van der Waals surface area (Å²) in [6, 6.07) is 13.6. The van der Waals surface area contributed by atoms with Crippen LogP contribution in [0.15, 0.2) is 60.0 Å². The smallest absolute Gasteiger partial charge is 0.253 e. The number of para-hydroxylation sites is 1. The molecular formula is C23H24N4O2S. The van der Waals surface area contributed by atoms with E-state index in [9.17, 15) is 9.59 Å². The second-order valence-corrected chi connectivity index (χ2v) is 8.44. The molecule has 1 aliphatic carbocycles. The molecule has 2 amide bonds. The quantitative estimate of drug-likeness (QED) is 0.564. The van der Waals surface area contributed by atoms with Crippen LogP contribution in [-0.4, -0.2) is 33.2 Å². The molecule has 0 atom stereocenters. The van der Waals surface area contributed by atoms with E-state index in [0.29, 0.717) is 11.3 Å². The molecule has 0 saturated heterocycles. The Morgan fingerprint density at radius 2 is 1.97 bits per heavy atom. The number of rotatable bonds is 7. The molecule has 0 aliphatic heterocycles. The molecule has 2 N–H and O–H groups in total. The van der Waals surface area contributed by atoms with Crippen LogP contribution in [0.2, 0.25) is 0 Å². The number of thioether (sulfide) groups is 1. The molecule has 1 heterocycles. The Morgan fingerprint density at radius 1 is 1.17 bits per heavy atom. The summed E-state index contributed by atoms with van der Waals surface area (Å²) in [6.07, 6.45) is 5.67. The van der Waals surface area contributed by atoms with Crippen LogP contribution in [0.3, 0.4) is 0 Å². The van der Waals surface area contributed by atoms with Crippen molar-refractivity contribution in [2.24, 2.45) is 0 Å². The lowest BCUT2D eigenvalue weighted by Gasteiger charge is -2.12. The third-order valence-electron chi connectivity index (χ3n) is 4.92. The van der Waals surface area contributed by atoms with Gasteiger partial charge in [0.2, 0.25) is 5.91 Å². The molecule has 1 fully saturated rings. The van der Waals surface area contributed by atoms with E-state index in [4.69, 9.17) is 0 Å². The molecule has 154 valence electrons. The Balaban J connectivity index is 1.43. The Labute approximate surface area is 180 Å². The lowest BCUT2D eigenvalue weighted by atomic mass is 10.1. The number of anilines is 1. The van der Waals surface area contributed by atoms with Gasteiger partial charge in [0.1, 0.15) is 0 Å². The number of benzene rings is 2. The third kappa shape index (κ3) is 4.74. The minimum Gasteiger partial charge on any atom is -0.349 e. The molecule has 0 spiro atoms. The van der Waals surface area contributed by atoms with Gasteiger partial charge in [-0.05, 0) is 56.0 Å². The molecule has 4 rings (SSSR count). The van der Waals surface area contributed by atoms with E-state index in [1.54, 1.807) is 24.4 Å². The number of nitrogens with one attached hydrogen (secondary N) is 2. The van der Waals surface area contributed by atoms with E-state index >= 15 is 0 Å². The largest absolute Gasteiger partial charge is 0.349 e. The second kappa shape index (κ2) is 8.75. The van der Waals surface area contributed by atoms with Crippen LogP contribution in [0.4, 0.5) is 5.69 Å². The maximum Gasteiger partial charge on any atom is 0.253 e. The first-order valence-electron chi connectivity index (χ1n) is 9.95. The summed E-state index contributed by atoms with van der Waals surface area (Å²) in [6.45, 7) is 4.11.